The summed E-state index contributed by atoms with van der Waals surface area (Å²) in [7, 11) is 3.67. The number of amides is 1. The molecule has 1 aliphatic heterocycles. The summed E-state index contributed by atoms with van der Waals surface area (Å²) in [5.41, 5.74) is 3.25. The van der Waals surface area contributed by atoms with Gasteiger partial charge in [0.05, 0.1) is 19.8 Å². The quantitative estimate of drug-likeness (QED) is 0.517. The average molecular weight is 491 g/mol. The fourth-order valence-corrected chi connectivity index (χ4v) is 4.44. The van der Waals surface area contributed by atoms with Crippen LogP contribution in [0.3, 0.4) is 0 Å². The zero-order chi connectivity index (χ0) is 25.7. The molecule has 0 saturated carbocycles. The second-order valence-corrected chi connectivity index (χ2v) is 9.49. The lowest BCUT2D eigenvalue weighted by molar-refractivity contribution is 0.0325. The summed E-state index contributed by atoms with van der Waals surface area (Å²) in [5.74, 6) is 0.908. The molecule has 0 saturated heterocycles. The Kier molecular flexibility index (Phi) is 8.18. The van der Waals surface area contributed by atoms with Crippen molar-refractivity contribution in [3.05, 3.63) is 72.2 Å². The second-order valence-electron chi connectivity index (χ2n) is 9.49. The van der Waals surface area contributed by atoms with Gasteiger partial charge >= 0.3 is 0 Å². The van der Waals surface area contributed by atoms with Crippen molar-refractivity contribution in [2.75, 3.05) is 33.9 Å². The molecule has 36 heavy (non-hydrogen) atoms. The van der Waals surface area contributed by atoms with Gasteiger partial charge in [0.25, 0.3) is 5.91 Å². The highest BCUT2D eigenvalue weighted by Crippen LogP contribution is 2.31. The van der Waals surface area contributed by atoms with Crippen molar-refractivity contribution in [2.45, 2.75) is 32.5 Å². The number of rotatable bonds is 8. The van der Waals surface area contributed by atoms with Crippen molar-refractivity contribution in [1.82, 2.24) is 19.8 Å². The highest BCUT2D eigenvalue weighted by Gasteiger charge is 2.34. The van der Waals surface area contributed by atoms with Gasteiger partial charge in [0.15, 0.2) is 0 Å². The molecule has 0 aliphatic carbocycles. The first-order valence-electron chi connectivity index (χ1n) is 12.2. The minimum Gasteiger partial charge on any atom is -0.497 e. The lowest BCUT2D eigenvalue weighted by atomic mass is 9.99. The van der Waals surface area contributed by atoms with Crippen molar-refractivity contribution >= 4 is 5.91 Å². The minimum atomic E-state index is -0.329. The van der Waals surface area contributed by atoms with Crippen molar-refractivity contribution in [2.24, 2.45) is 5.92 Å². The Balaban J connectivity index is 1.65. The maximum atomic E-state index is 13.6. The molecule has 2 aromatic heterocycles. The topological polar surface area (TPSA) is 88.0 Å². The van der Waals surface area contributed by atoms with Crippen LogP contribution in [0.15, 0.2) is 61.1 Å². The summed E-state index contributed by atoms with van der Waals surface area (Å²) >= 11 is 0. The zero-order valence-electron chi connectivity index (χ0n) is 21.3. The van der Waals surface area contributed by atoms with Crippen molar-refractivity contribution in [3.63, 3.8) is 0 Å². The van der Waals surface area contributed by atoms with Gasteiger partial charge in [-0.3, -0.25) is 14.7 Å². The molecule has 1 aromatic carbocycles. The smallest absolute Gasteiger partial charge is 0.259 e. The van der Waals surface area contributed by atoms with Crippen LogP contribution in [0.25, 0.3) is 11.1 Å². The molecule has 0 fully saturated rings. The second kappa shape index (κ2) is 11.5. The third-order valence-electron chi connectivity index (χ3n) is 6.61. The monoisotopic (exact) mass is 490 g/mol. The summed E-state index contributed by atoms with van der Waals surface area (Å²) in [6, 6.07) is 13.1. The van der Waals surface area contributed by atoms with E-state index in [-0.39, 0.29) is 30.6 Å². The number of methoxy groups -OCH3 is 1. The molecule has 4 rings (SSSR count). The number of carbonyl (C=O) groups excluding carboxylic acids is 1. The highest BCUT2D eigenvalue weighted by atomic mass is 16.5. The molecule has 3 aromatic rings. The number of likely N-dealkylation sites (N-methyl/N-ethyl adjacent to an activating group) is 1. The van der Waals surface area contributed by atoms with E-state index in [0.29, 0.717) is 24.5 Å². The van der Waals surface area contributed by atoms with E-state index < -0.39 is 0 Å². The number of aromatic nitrogens is 2. The largest absolute Gasteiger partial charge is 0.497 e. The number of nitrogens with zero attached hydrogens (tertiary/aromatic N) is 4. The van der Waals surface area contributed by atoms with E-state index >= 15 is 0 Å². The summed E-state index contributed by atoms with van der Waals surface area (Å²) in [5, 5.41) is 9.89. The molecule has 1 N–H and O–H groups in total. The molecule has 1 amide bonds. The first-order chi connectivity index (χ1) is 17.4. The fraction of sp³-hybridized carbons (Fsp3) is 0.393. The van der Waals surface area contributed by atoms with Crippen LogP contribution in [-0.2, 0) is 6.54 Å². The van der Waals surface area contributed by atoms with E-state index in [2.05, 4.69) is 21.8 Å². The van der Waals surface area contributed by atoms with Gasteiger partial charge in [-0.25, -0.2) is 4.98 Å². The summed E-state index contributed by atoms with van der Waals surface area (Å²) in [6.07, 6.45) is 5.16. The number of ether oxygens (including phenoxy) is 2. The molecule has 0 radical (unpaired) electrons. The summed E-state index contributed by atoms with van der Waals surface area (Å²) < 4.78 is 11.7. The number of carbonyl (C=O) groups is 1. The molecule has 3 heterocycles. The first kappa shape index (κ1) is 25.6. The number of fused-ring (bicyclic) bond motifs is 1. The van der Waals surface area contributed by atoms with Gasteiger partial charge in [0, 0.05) is 49.7 Å². The Bertz CT molecular complexity index is 1160. The van der Waals surface area contributed by atoms with Gasteiger partial charge in [-0.05, 0) is 49.4 Å². The molecule has 0 spiro atoms. The van der Waals surface area contributed by atoms with Gasteiger partial charge < -0.3 is 19.5 Å². The van der Waals surface area contributed by atoms with Crippen LogP contribution in [-0.4, -0.2) is 76.8 Å². The Morgan fingerprint density at radius 2 is 2.00 bits per heavy atom. The Morgan fingerprint density at radius 1 is 1.22 bits per heavy atom. The normalized spacial score (nSPS) is 18.7. The van der Waals surface area contributed by atoms with Crippen LogP contribution >= 0.6 is 0 Å². The highest BCUT2D eigenvalue weighted by molar-refractivity contribution is 5.98. The molecule has 8 heteroatoms. The van der Waals surface area contributed by atoms with E-state index in [0.717, 1.165) is 29.0 Å². The number of aliphatic hydroxyl groups excluding tert-OH is 1. The third kappa shape index (κ3) is 5.83. The summed E-state index contributed by atoms with van der Waals surface area (Å²) in [6.45, 7) is 5.66. The van der Waals surface area contributed by atoms with Crippen LogP contribution < -0.4 is 9.47 Å². The molecule has 0 unspecified atom stereocenters. The van der Waals surface area contributed by atoms with Crippen molar-refractivity contribution in [3.8, 4) is 22.8 Å². The van der Waals surface area contributed by atoms with E-state index in [4.69, 9.17) is 9.47 Å². The standard InChI is InChI=1S/C28H34N4O4/c1-19-15-32(20(2)18-33)28(34)25-12-23(22-7-9-24(35-4)10-8-22)14-30-27(25)36-26(19)17-31(3)16-21-6-5-11-29-13-21/h5-14,19-20,26,33H,15-18H2,1-4H3/t19-,20-,26+/m1/s1. The lowest BCUT2D eigenvalue weighted by Gasteiger charge is -2.37. The van der Waals surface area contributed by atoms with E-state index in [1.165, 1.54) is 0 Å². The number of hydrogen-bond acceptors (Lipinski definition) is 7. The number of benzene rings is 1. The maximum absolute atomic E-state index is 13.6. The predicted octanol–water partition coefficient (Wildman–Crippen LogP) is 3.50. The molecule has 190 valence electrons. The average Bonchev–Trinajstić information content (AvgIpc) is 2.90. The van der Waals surface area contributed by atoms with Gasteiger partial charge in [-0.2, -0.15) is 0 Å². The predicted molar refractivity (Wildman–Crippen MR) is 138 cm³/mol. The number of pyridine rings is 2. The zero-order valence-corrected chi connectivity index (χ0v) is 21.3. The Hall–Kier alpha value is -3.49. The molecule has 8 nitrogen and oxygen atoms in total. The SMILES string of the molecule is COc1ccc(-c2cnc3c(c2)C(=O)N([C@H](C)CO)C[C@@H](C)[C@H](CN(C)Cc2cccnc2)O3)cc1. The molecular weight excluding hydrogens is 456 g/mol. The first-order valence-corrected chi connectivity index (χ1v) is 12.2. The van der Waals surface area contributed by atoms with Gasteiger partial charge in [0.2, 0.25) is 5.88 Å². The van der Waals surface area contributed by atoms with Gasteiger partial charge in [0.1, 0.15) is 17.4 Å². The van der Waals surface area contributed by atoms with Crippen molar-refractivity contribution < 1.29 is 19.4 Å². The molecule has 0 bridgehead atoms. The van der Waals surface area contributed by atoms with Crippen LogP contribution in [0, 0.1) is 5.92 Å². The van der Waals surface area contributed by atoms with Crippen LogP contribution in [0.5, 0.6) is 11.6 Å². The van der Waals surface area contributed by atoms with E-state index in [1.807, 2.05) is 62.6 Å². The lowest BCUT2D eigenvalue weighted by Crippen LogP contribution is -2.49. The van der Waals surface area contributed by atoms with E-state index in [9.17, 15) is 9.90 Å². The third-order valence-corrected chi connectivity index (χ3v) is 6.61. The Morgan fingerprint density at radius 3 is 2.67 bits per heavy atom. The van der Waals surface area contributed by atoms with Crippen LogP contribution in [0.2, 0.25) is 0 Å². The van der Waals surface area contributed by atoms with Crippen LogP contribution in [0.1, 0.15) is 29.8 Å². The Labute approximate surface area is 212 Å². The molecular formula is C28H34N4O4. The number of aliphatic hydroxyl groups is 1. The van der Waals surface area contributed by atoms with E-state index in [1.54, 1.807) is 24.4 Å². The van der Waals surface area contributed by atoms with Crippen molar-refractivity contribution in [1.29, 1.82) is 0 Å². The van der Waals surface area contributed by atoms with Gasteiger partial charge in [-0.1, -0.05) is 25.1 Å². The maximum Gasteiger partial charge on any atom is 0.259 e. The number of hydrogen-bond donors (Lipinski definition) is 1. The minimum absolute atomic E-state index is 0.0236. The summed E-state index contributed by atoms with van der Waals surface area (Å²) in [4.78, 5) is 26.4. The molecule has 3 atom stereocenters. The van der Waals surface area contributed by atoms with Crippen LogP contribution in [0.4, 0.5) is 0 Å². The molecule has 1 aliphatic rings. The van der Waals surface area contributed by atoms with Gasteiger partial charge in [-0.15, -0.1) is 0 Å². The fourth-order valence-electron chi connectivity index (χ4n) is 4.44.